The summed E-state index contributed by atoms with van der Waals surface area (Å²) in [5, 5.41) is 10.2. The van der Waals surface area contributed by atoms with E-state index in [9.17, 15) is 18.0 Å². The summed E-state index contributed by atoms with van der Waals surface area (Å²) >= 11 is 6.04. The van der Waals surface area contributed by atoms with E-state index < -0.39 is 11.9 Å². The Morgan fingerprint density at radius 1 is 1.17 bits per heavy atom. The number of likely N-dealkylation sites (N-methyl/N-ethyl adjacent to an activating group) is 1. The minimum absolute atomic E-state index is 0.0163. The fourth-order valence-electron chi connectivity index (χ4n) is 3.58. The Hall–Kier alpha value is -2.06. The Labute approximate surface area is 172 Å². The van der Waals surface area contributed by atoms with Crippen LogP contribution < -0.4 is 16.0 Å². The second-order valence-corrected chi connectivity index (χ2v) is 7.69. The van der Waals surface area contributed by atoms with Crippen molar-refractivity contribution in [1.82, 2.24) is 15.6 Å². The molecule has 1 aromatic heterocycles. The van der Waals surface area contributed by atoms with Gasteiger partial charge in [0.1, 0.15) is 5.69 Å². The molecule has 1 fully saturated rings. The average molecular weight is 429 g/mol. The molecule has 0 bridgehead atoms. The van der Waals surface area contributed by atoms with Crippen LogP contribution in [0.4, 0.5) is 18.9 Å². The van der Waals surface area contributed by atoms with E-state index in [-0.39, 0.29) is 23.5 Å². The van der Waals surface area contributed by atoms with Gasteiger partial charge in [-0.3, -0.25) is 4.79 Å². The van der Waals surface area contributed by atoms with E-state index in [4.69, 9.17) is 11.6 Å². The van der Waals surface area contributed by atoms with E-state index >= 15 is 0 Å². The number of nitrogens with zero attached hydrogens (tertiary/aromatic N) is 1. The van der Waals surface area contributed by atoms with Gasteiger partial charge in [-0.15, -0.1) is 0 Å². The van der Waals surface area contributed by atoms with Crippen molar-refractivity contribution in [3.63, 3.8) is 0 Å². The Morgan fingerprint density at radius 2 is 1.86 bits per heavy atom. The smallest absolute Gasteiger partial charge is 0.382 e. The molecule has 1 saturated carbocycles. The molecule has 1 aromatic carbocycles. The minimum Gasteiger partial charge on any atom is -0.382 e. The Bertz CT molecular complexity index is 867. The van der Waals surface area contributed by atoms with Crippen LogP contribution in [0.25, 0.3) is 10.9 Å². The van der Waals surface area contributed by atoms with Crippen molar-refractivity contribution >= 4 is 34.1 Å². The highest BCUT2D eigenvalue weighted by Gasteiger charge is 2.34. The number of carbonyl (C=O) groups excluding carboxylic acids is 1. The number of anilines is 1. The van der Waals surface area contributed by atoms with Crippen LogP contribution in [-0.4, -0.2) is 36.1 Å². The molecule has 0 radical (unpaired) electrons. The number of rotatable bonds is 6. The standard InChI is InChI=1S/C20H24ClF3N4O/c1-2-25-11-19(29)27-14-6-4-13(5-7-14)26-17-10-18(20(22,23)24)28-16-8-3-12(21)9-15(16)17/h3,8-10,13-14,25H,2,4-7,11H2,1H3,(H,26,28)(H,27,29)/t13-,14+. The molecule has 29 heavy (non-hydrogen) atoms. The number of amides is 1. The summed E-state index contributed by atoms with van der Waals surface area (Å²) in [7, 11) is 0. The van der Waals surface area contributed by atoms with E-state index in [1.807, 2.05) is 6.92 Å². The van der Waals surface area contributed by atoms with Crippen LogP contribution in [0.15, 0.2) is 24.3 Å². The lowest BCUT2D eigenvalue weighted by atomic mass is 9.90. The molecule has 1 amide bonds. The quantitative estimate of drug-likeness (QED) is 0.639. The largest absolute Gasteiger partial charge is 0.433 e. The normalized spacial score (nSPS) is 19.9. The van der Waals surface area contributed by atoms with Crippen molar-refractivity contribution in [1.29, 1.82) is 0 Å². The van der Waals surface area contributed by atoms with Gasteiger partial charge in [0.25, 0.3) is 0 Å². The summed E-state index contributed by atoms with van der Waals surface area (Å²) < 4.78 is 39.8. The molecule has 1 heterocycles. The molecule has 0 atom stereocenters. The SMILES string of the molecule is CCNCC(=O)N[C@H]1CC[C@@H](Nc2cc(C(F)(F)F)nc3ccc(Cl)cc23)CC1. The highest BCUT2D eigenvalue weighted by Crippen LogP contribution is 2.35. The lowest BCUT2D eigenvalue weighted by Crippen LogP contribution is -2.43. The molecular weight excluding hydrogens is 405 g/mol. The van der Waals surface area contributed by atoms with Gasteiger partial charge in [-0.1, -0.05) is 18.5 Å². The number of halogens is 4. The first-order chi connectivity index (χ1) is 13.8. The van der Waals surface area contributed by atoms with E-state index in [0.717, 1.165) is 38.3 Å². The Morgan fingerprint density at radius 3 is 2.52 bits per heavy atom. The third-order valence-corrected chi connectivity index (χ3v) is 5.28. The first kappa shape index (κ1) is 21.6. The maximum Gasteiger partial charge on any atom is 0.433 e. The molecule has 0 spiro atoms. The van der Waals surface area contributed by atoms with Crippen LogP contribution in [0.1, 0.15) is 38.3 Å². The molecule has 3 rings (SSSR count). The van der Waals surface area contributed by atoms with Gasteiger partial charge < -0.3 is 16.0 Å². The van der Waals surface area contributed by atoms with Gasteiger partial charge in [0.15, 0.2) is 0 Å². The first-order valence-electron chi connectivity index (χ1n) is 9.70. The van der Waals surface area contributed by atoms with Gasteiger partial charge in [-0.25, -0.2) is 4.98 Å². The van der Waals surface area contributed by atoms with Gasteiger partial charge in [0.2, 0.25) is 5.91 Å². The summed E-state index contributed by atoms with van der Waals surface area (Å²) in [5.74, 6) is -0.0344. The van der Waals surface area contributed by atoms with Crippen molar-refractivity contribution < 1.29 is 18.0 Å². The second kappa shape index (κ2) is 9.17. The zero-order chi connectivity index (χ0) is 21.0. The number of benzene rings is 1. The molecule has 1 aliphatic rings. The van der Waals surface area contributed by atoms with Gasteiger partial charge in [-0.05, 0) is 56.5 Å². The van der Waals surface area contributed by atoms with E-state index in [1.165, 1.54) is 12.1 Å². The van der Waals surface area contributed by atoms with Gasteiger partial charge >= 0.3 is 6.18 Å². The lowest BCUT2D eigenvalue weighted by Gasteiger charge is -2.30. The van der Waals surface area contributed by atoms with Crippen LogP contribution in [0.2, 0.25) is 5.02 Å². The first-order valence-corrected chi connectivity index (χ1v) is 10.1. The number of alkyl halides is 3. The number of hydrogen-bond acceptors (Lipinski definition) is 4. The highest BCUT2D eigenvalue weighted by molar-refractivity contribution is 6.31. The predicted molar refractivity (Wildman–Crippen MR) is 108 cm³/mol. The number of fused-ring (bicyclic) bond motifs is 1. The number of aromatic nitrogens is 1. The summed E-state index contributed by atoms with van der Waals surface area (Å²) in [6.45, 7) is 2.96. The molecule has 3 N–H and O–H groups in total. The van der Waals surface area contributed by atoms with Crippen LogP contribution in [0, 0.1) is 0 Å². The molecule has 158 valence electrons. The molecule has 0 unspecified atom stereocenters. The maximum absolute atomic E-state index is 13.3. The molecule has 0 aliphatic heterocycles. The predicted octanol–water partition coefficient (Wildman–Crippen LogP) is 4.36. The van der Waals surface area contributed by atoms with E-state index in [0.29, 0.717) is 22.6 Å². The average Bonchev–Trinajstić information content (AvgIpc) is 2.67. The number of nitrogens with one attached hydrogen (secondary N) is 3. The highest BCUT2D eigenvalue weighted by atomic mass is 35.5. The van der Waals surface area contributed by atoms with Crippen molar-refractivity contribution in [2.75, 3.05) is 18.4 Å². The fraction of sp³-hybridized carbons (Fsp3) is 0.500. The number of hydrogen-bond donors (Lipinski definition) is 3. The zero-order valence-corrected chi connectivity index (χ0v) is 16.8. The summed E-state index contributed by atoms with van der Waals surface area (Å²) in [5.41, 5.74) is -0.306. The van der Waals surface area contributed by atoms with Crippen LogP contribution in [0.3, 0.4) is 0 Å². The third-order valence-electron chi connectivity index (χ3n) is 5.05. The van der Waals surface area contributed by atoms with Crippen molar-refractivity contribution in [3.05, 3.63) is 35.0 Å². The minimum atomic E-state index is -4.53. The second-order valence-electron chi connectivity index (χ2n) is 7.26. The number of pyridine rings is 1. The van der Waals surface area contributed by atoms with Gasteiger partial charge in [0.05, 0.1) is 12.1 Å². The molecular formula is C20H24ClF3N4O. The van der Waals surface area contributed by atoms with Crippen LogP contribution in [-0.2, 0) is 11.0 Å². The maximum atomic E-state index is 13.3. The van der Waals surface area contributed by atoms with E-state index in [1.54, 1.807) is 6.07 Å². The van der Waals surface area contributed by atoms with Gasteiger partial charge in [-0.2, -0.15) is 13.2 Å². The van der Waals surface area contributed by atoms with Crippen LogP contribution >= 0.6 is 11.6 Å². The molecule has 0 saturated heterocycles. The molecule has 5 nitrogen and oxygen atoms in total. The summed E-state index contributed by atoms with van der Waals surface area (Å²) in [6, 6.07) is 5.80. The Balaban J connectivity index is 1.70. The van der Waals surface area contributed by atoms with Crippen molar-refractivity contribution in [3.8, 4) is 0 Å². The molecule has 9 heteroatoms. The monoisotopic (exact) mass is 428 g/mol. The third kappa shape index (κ3) is 5.73. The fourth-order valence-corrected chi connectivity index (χ4v) is 3.75. The van der Waals surface area contributed by atoms with Gasteiger partial charge in [0, 0.05) is 28.2 Å². The summed E-state index contributed by atoms with van der Waals surface area (Å²) in [6.07, 6.45) is -1.49. The van der Waals surface area contributed by atoms with Crippen molar-refractivity contribution in [2.24, 2.45) is 0 Å². The molecule has 2 aromatic rings. The Kier molecular flexibility index (Phi) is 6.85. The van der Waals surface area contributed by atoms with Crippen LogP contribution in [0.5, 0.6) is 0 Å². The summed E-state index contributed by atoms with van der Waals surface area (Å²) in [4.78, 5) is 15.6. The lowest BCUT2D eigenvalue weighted by molar-refractivity contribution is -0.140. The zero-order valence-electron chi connectivity index (χ0n) is 16.1. The topological polar surface area (TPSA) is 66.1 Å². The van der Waals surface area contributed by atoms with E-state index in [2.05, 4.69) is 20.9 Å². The number of carbonyl (C=O) groups is 1. The molecule has 1 aliphatic carbocycles. The van der Waals surface area contributed by atoms with Crippen molar-refractivity contribution in [2.45, 2.75) is 50.9 Å².